The van der Waals surface area contributed by atoms with Gasteiger partial charge in [0.05, 0.1) is 23.0 Å². The number of allylic oxidation sites excluding steroid dienone is 2. The molecule has 2 saturated carbocycles. The lowest BCUT2D eigenvalue weighted by Gasteiger charge is -2.52. The minimum Gasteiger partial charge on any atom is -0.461 e. The van der Waals surface area contributed by atoms with Crippen molar-refractivity contribution < 1.29 is 61.9 Å². The van der Waals surface area contributed by atoms with Crippen LogP contribution in [0.25, 0.3) is 0 Å². The van der Waals surface area contributed by atoms with E-state index in [4.69, 9.17) is 33.2 Å². The van der Waals surface area contributed by atoms with Gasteiger partial charge in [-0.15, -0.1) is 0 Å². The van der Waals surface area contributed by atoms with E-state index in [9.17, 15) is 28.8 Å². The van der Waals surface area contributed by atoms with Crippen LogP contribution in [0.4, 0.5) is 0 Å². The van der Waals surface area contributed by atoms with Gasteiger partial charge in [0.1, 0.15) is 29.3 Å². The molecule has 2 bridgehead atoms. The van der Waals surface area contributed by atoms with E-state index < -0.39 is 113 Å². The van der Waals surface area contributed by atoms with Crippen LogP contribution in [0, 0.1) is 35.0 Å². The van der Waals surface area contributed by atoms with E-state index in [1.807, 2.05) is 0 Å². The highest BCUT2D eigenvalue weighted by Crippen LogP contribution is 2.71. The van der Waals surface area contributed by atoms with Crippen molar-refractivity contribution >= 4 is 35.8 Å². The monoisotopic (exact) mass is 788 g/mol. The normalized spacial score (nSPS) is 34.8. The fourth-order valence-electron chi connectivity index (χ4n) is 9.77. The van der Waals surface area contributed by atoms with Gasteiger partial charge in [0.2, 0.25) is 6.29 Å². The highest BCUT2D eigenvalue weighted by molar-refractivity contribution is 5.90. The third-order valence-corrected chi connectivity index (χ3v) is 11.6. The van der Waals surface area contributed by atoms with E-state index in [1.165, 1.54) is 50.8 Å². The molecule has 6 rings (SSSR count). The predicted octanol–water partition coefficient (Wildman–Crippen LogP) is 4.74. The molecule has 3 aliphatic carbocycles. The smallest absolute Gasteiger partial charge is 0.340 e. The molecule has 2 aromatic heterocycles. The van der Waals surface area contributed by atoms with Crippen molar-refractivity contribution in [1.29, 1.82) is 0 Å². The van der Waals surface area contributed by atoms with E-state index in [0.717, 1.165) is 6.92 Å². The first-order valence-corrected chi connectivity index (χ1v) is 18.9. The molecule has 1 saturated heterocycles. The molecule has 0 spiro atoms. The molecular formula is C42H48N2O13. The summed E-state index contributed by atoms with van der Waals surface area (Å²) in [6.07, 6.45) is 1.42. The zero-order valence-corrected chi connectivity index (χ0v) is 33.2. The molecule has 15 nitrogen and oxygen atoms in total. The number of ether oxygens (including phenoxy) is 7. The Labute approximate surface area is 330 Å². The Kier molecular flexibility index (Phi) is 11.2. The largest absolute Gasteiger partial charge is 0.461 e. The molecule has 2 aromatic rings. The van der Waals surface area contributed by atoms with Gasteiger partial charge >= 0.3 is 35.8 Å². The maximum Gasteiger partial charge on any atom is 0.340 e. The molecule has 0 radical (unpaired) electrons. The summed E-state index contributed by atoms with van der Waals surface area (Å²) in [6, 6.07) is 6.10. The summed E-state index contributed by atoms with van der Waals surface area (Å²) in [6.45, 7) is 16.2. The van der Waals surface area contributed by atoms with Gasteiger partial charge in [-0.05, 0) is 56.5 Å². The molecule has 1 aliphatic heterocycles. The van der Waals surface area contributed by atoms with E-state index in [-0.39, 0.29) is 17.5 Å². The van der Waals surface area contributed by atoms with Crippen LogP contribution in [0.3, 0.4) is 0 Å². The second-order valence-electron chi connectivity index (χ2n) is 15.9. The SMILES string of the molecule is C=C(C)C1C=CC(OC(=O)C(C)C)C23C(OC(C)=O)OC(C)(C(OC(=O)c4cccnc4)C4(OC(C)=O)CC(C)C(OC(=O)c5cccnc5)C4C2OC(C)=O)C13. The zero-order chi connectivity index (χ0) is 41.6. The summed E-state index contributed by atoms with van der Waals surface area (Å²) in [5, 5.41) is 0. The Hall–Kier alpha value is -5.44. The Morgan fingerprint density at radius 1 is 0.825 bits per heavy atom. The fourth-order valence-corrected chi connectivity index (χ4v) is 9.77. The van der Waals surface area contributed by atoms with Crippen molar-refractivity contribution in [1.82, 2.24) is 9.97 Å². The van der Waals surface area contributed by atoms with Crippen LogP contribution in [0.2, 0.25) is 0 Å². The molecule has 57 heavy (non-hydrogen) atoms. The van der Waals surface area contributed by atoms with Crippen molar-refractivity contribution in [3.8, 4) is 0 Å². The number of nitrogens with zero attached hydrogens (tertiary/aromatic N) is 2. The number of pyridine rings is 2. The number of hydrogen-bond donors (Lipinski definition) is 0. The van der Waals surface area contributed by atoms with Gasteiger partial charge in [-0.2, -0.15) is 0 Å². The Morgan fingerprint density at radius 2 is 1.42 bits per heavy atom. The summed E-state index contributed by atoms with van der Waals surface area (Å²) in [4.78, 5) is 90.4. The van der Waals surface area contributed by atoms with Crippen molar-refractivity contribution in [2.24, 2.45) is 35.0 Å². The van der Waals surface area contributed by atoms with Crippen LogP contribution in [-0.4, -0.2) is 87.7 Å². The summed E-state index contributed by atoms with van der Waals surface area (Å²) < 4.78 is 45.1. The maximum absolute atomic E-state index is 14.3. The Balaban J connectivity index is 1.74. The van der Waals surface area contributed by atoms with Gasteiger partial charge < -0.3 is 33.2 Å². The summed E-state index contributed by atoms with van der Waals surface area (Å²) in [5.41, 5.74) is -4.96. The fraction of sp³-hybridized carbons (Fsp3) is 0.524. The zero-order valence-electron chi connectivity index (χ0n) is 33.2. The lowest BCUT2D eigenvalue weighted by molar-refractivity contribution is -0.286. The first-order valence-electron chi connectivity index (χ1n) is 18.9. The first-order chi connectivity index (χ1) is 26.9. The van der Waals surface area contributed by atoms with Crippen LogP contribution >= 0.6 is 0 Å². The van der Waals surface area contributed by atoms with Crippen molar-refractivity contribution in [3.05, 3.63) is 84.5 Å². The van der Waals surface area contributed by atoms with Crippen molar-refractivity contribution in [2.45, 2.75) is 104 Å². The molecule has 15 heteroatoms. The summed E-state index contributed by atoms with van der Waals surface area (Å²) >= 11 is 0. The predicted molar refractivity (Wildman–Crippen MR) is 197 cm³/mol. The highest BCUT2D eigenvalue weighted by atomic mass is 16.7. The molecule has 304 valence electrons. The molecule has 0 N–H and O–H groups in total. The second kappa shape index (κ2) is 15.5. The average molecular weight is 789 g/mol. The Bertz CT molecular complexity index is 1970. The standard InChI is InChI=1S/C42H48N2O13/c1-21(2)29-14-15-30(53-35(48)22(3)4)42-33(29)40(9,57-39(42)52-25(7)46)38(55-37(50)28-13-11-17-44-20-28)41(56-26(8)47)18-23(5)32(31(41)34(42)51-24(6)45)54-36(49)27-12-10-16-43-19-27/h10-17,19-20,22-23,29-34,38-39H,1,18H2,2-9H3. The molecule has 12 unspecified atom stereocenters. The molecule has 4 aliphatic rings. The topological polar surface area (TPSA) is 193 Å². The number of fused-ring (bicyclic) bond motifs is 1. The average Bonchev–Trinajstić information content (AvgIpc) is 3.54. The first kappa shape index (κ1) is 41.2. The minimum absolute atomic E-state index is 0.0477. The van der Waals surface area contributed by atoms with E-state index in [2.05, 4.69) is 16.5 Å². The third kappa shape index (κ3) is 6.99. The van der Waals surface area contributed by atoms with Gasteiger partial charge in [-0.3, -0.25) is 29.1 Å². The molecular weight excluding hydrogens is 740 g/mol. The number of hydrogen-bond acceptors (Lipinski definition) is 15. The number of esters is 6. The highest BCUT2D eigenvalue weighted by Gasteiger charge is 2.85. The van der Waals surface area contributed by atoms with E-state index in [0.29, 0.717) is 5.57 Å². The summed E-state index contributed by atoms with van der Waals surface area (Å²) in [7, 11) is 0. The second-order valence-corrected chi connectivity index (χ2v) is 15.9. The quantitative estimate of drug-likeness (QED) is 0.182. The number of carbonyl (C=O) groups is 6. The van der Waals surface area contributed by atoms with Crippen LogP contribution in [0.1, 0.15) is 82.5 Å². The molecule has 0 aromatic carbocycles. The van der Waals surface area contributed by atoms with Crippen molar-refractivity contribution in [3.63, 3.8) is 0 Å². The van der Waals surface area contributed by atoms with Gasteiger partial charge in [0, 0.05) is 57.4 Å². The molecule has 12 atom stereocenters. The Morgan fingerprint density at radius 3 is 1.93 bits per heavy atom. The summed E-state index contributed by atoms with van der Waals surface area (Å²) in [5.74, 6) is -9.18. The van der Waals surface area contributed by atoms with Crippen LogP contribution in [-0.2, 0) is 52.3 Å². The number of carbonyl (C=O) groups excluding carboxylic acids is 6. The minimum atomic E-state index is -1.98. The molecule has 3 heterocycles. The van der Waals surface area contributed by atoms with Gasteiger partial charge in [0.15, 0.2) is 11.7 Å². The molecule has 3 fully saturated rings. The lowest BCUT2D eigenvalue weighted by Crippen LogP contribution is -2.66. The maximum atomic E-state index is 14.3. The molecule has 0 amide bonds. The van der Waals surface area contributed by atoms with Crippen LogP contribution in [0.5, 0.6) is 0 Å². The number of rotatable bonds is 10. The van der Waals surface area contributed by atoms with E-state index in [1.54, 1.807) is 58.9 Å². The lowest BCUT2D eigenvalue weighted by atomic mass is 9.54. The van der Waals surface area contributed by atoms with Crippen LogP contribution in [0.15, 0.2) is 73.4 Å². The number of aromatic nitrogens is 2. The van der Waals surface area contributed by atoms with Crippen LogP contribution < -0.4 is 0 Å². The third-order valence-electron chi connectivity index (χ3n) is 11.6. The van der Waals surface area contributed by atoms with Gasteiger partial charge in [0.25, 0.3) is 0 Å². The van der Waals surface area contributed by atoms with E-state index >= 15 is 0 Å². The van der Waals surface area contributed by atoms with Gasteiger partial charge in [-0.1, -0.05) is 39.0 Å². The van der Waals surface area contributed by atoms with Crippen molar-refractivity contribution in [2.75, 3.05) is 0 Å². The van der Waals surface area contributed by atoms with Gasteiger partial charge in [-0.25, -0.2) is 9.59 Å².